The number of Topliss-reactive ketones (excluding diaryl/α,β-unsaturated/α-hetero) is 1. The third-order valence-corrected chi connectivity index (χ3v) is 7.25. The first-order valence-electron chi connectivity index (χ1n) is 14.0. The van der Waals surface area contributed by atoms with Crippen molar-refractivity contribution in [3.63, 3.8) is 0 Å². The molecule has 41 heavy (non-hydrogen) atoms. The van der Waals surface area contributed by atoms with Gasteiger partial charge in [0.25, 0.3) is 5.91 Å². The van der Waals surface area contributed by atoms with Crippen LogP contribution < -0.4 is 10.1 Å². The number of benzene rings is 2. The molecule has 0 saturated carbocycles. The SMILES string of the molecule is CCc1ccc(CN2CCN(Cc3ccc(C(=O)Nc4ccc(Oc5ccc(C(C)=O)cc5)nc4)cn3)CC2)cc1. The lowest BCUT2D eigenvalue weighted by Gasteiger charge is -2.34. The number of ether oxygens (including phenoxy) is 1. The molecule has 8 heteroatoms. The average Bonchev–Trinajstić information content (AvgIpc) is 3.00. The van der Waals surface area contributed by atoms with E-state index in [0.29, 0.717) is 28.4 Å². The lowest BCUT2D eigenvalue weighted by Crippen LogP contribution is -2.45. The molecule has 0 unspecified atom stereocenters. The van der Waals surface area contributed by atoms with Gasteiger partial charge in [-0.2, -0.15) is 0 Å². The van der Waals surface area contributed by atoms with Crippen LogP contribution in [0.4, 0.5) is 5.69 Å². The molecule has 5 rings (SSSR count). The Labute approximate surface area is 241 Å². The van der Waals surface area contributed by atoms with Crippen LogP contribution in [0, 0.1) is 0 Å². The molecule has 1 N–H and O–H groups in total. The van der Waals surface area contributed by atoms with Crippen LogP contribution in [0.3, 0.4) is 0 Å². The zero-order valence-corrected chi connectivity index (χ0v) is 23.5. The first kappa shape index (κ1) is 28.1. The number of nitrogens with one attached hydrogen (secondary N) is 1. The number of hydrogen-bond donors (Lipinski definition) is 1. The summed E-state index contributed by atoms with van der Waals surface area (Å²) in [5, 5.41) is 2.85. The highest BCUT2D eigenvalue weighted by Gasteiger charge is 2.18. The minimum atomic E-state index is -0.250. The molecule has 0 spiro atoms. The number of pyridine rings is 2. The highest BCUT2D eigenvalue weighted by atomic mass is 16.5. The summed E-state index contributed by atoms with van der Waals surface area (Å²) in [5.74, 6) is 0.707. The Hall–Kier alpha value is -4.40. The van der Waals surface area contributed by atoms with E-state index >= 15 is 0 Å². The maximum Gasteiger partial charge on any atom is 0.257 e. The summed E-state index contributed by atoms with van der Waals surface area (Å²) in [6, 6.07) is 22.9. The van der Waals surface area contributed by atoms with Crippen molar-refractivity contribution in [2.45, 2.75) is 33.4 Å². The molecule has 1 aliphatic rings. The van der Waals surface area contributed by atoms with Crippen LogP contribution in [-0.4, -0.2) is 57.6 Å². The van der Waals surface area contributed by atoms with Crippen LogP contribution in [0.25, 0.3) is 0 Å². The Morgan fingerprint density at radius 3 is 2.00 bits per heavy atom. The lowest BCUT2D eigenvalue weighted by atomic mass is 10.1. The molecule has 0 aliphatic carbocycles. The monoisotopic (exact) mass is 549 g/mol. The number of aromatic nitrogens is 2. The summed E-state index contributed by atoms with van der Waals surface area (Å²) in [4.78, 5) is 37.9. The molecule has 0 bridgehead atoms. The summed E-state index contributed by atoms with van der Waals surface area (Å²) >= 11 is 0. The number of nitrogens with zero attached hydrogens (tertiary/aromatic N) is 4. The van der Waals surface area contributed by atoms with Gasteiger partial charge in [0.1, 0.15) is 5.75 Å². The number of hydrogen-bond acceptors (Lipinski definition) is 7. The number of ketones is 1. The molecule has 0 atom stereocenters. The van der Waals surface area contributed by atoms with Gasteiger partial charge in [-0.05, 0) is 66.9 Å². The van der Waals surface area contributed by atoms with Gasteiger partial charge in [-0.3, -0.25) is 24.4 Å². The number of amides is 1. The molecule has 1 fully saturated rings. The number of carbonyl (C=O) groups excluding carboxylic acids is 2. The minimum absolute atomic E-state index is 0.00172. The molecule has 2 aromatic heterocycles. The predicted octanol–water partition coefficient (Wildman–Crippen LogP) is 5.60. The van der Waals surface area contributed by atoms with Crippen molar-refractivity contribution in [2.75, 3.05) is 31.5 Å². The van der Waals surface area contributed by atoms with Crippen molar-refractivity contribution < 1.29 is 14.3 Å². The Balaban J connectivity index is 1.07. The predicted molar refractivity (Wildman–Crippen MR) is 159 cm³/mol. The topological polar surface area (TPSA) is 87.7 Å². The minimum Gasteiger partial charge on any atom is -0.439 e. The van der Waals surface area contributed by atoms with Crippen LogP contribution in [0.15, 0.2) is 85.2 Å². The second-order valence-corrected chi connectivity index (χ2v) is 10.3. The van der Waals surface area contributed by atoms with Crippen molar-refractivity contribution in [1.82, 2.24) is 19.8 Å². The van der Waals surface area contributed by atoms with Crippen molar-refractivity contribution in [1.29, 1.82) is 0 Å². The van der Waals surface area contributed by atoms with Crippen molar-refractivity contribution in [3.05, 3.63) is 113 Å². The van der Waals surface area contributed by atoms with E-state index in [1.165, 1.54) is 18.1 Å². The van der Waals surface area contributed by atoms with Crippen molar-refractivity contribution in [2.24, 2.45) is 0 Å². The highest BCUT2D eigenvalue weighted by Crippen LogP contribution is 2.21. The lowest BCUT2D eigenvalue weighted by molar-refractivity contribution is 0.101. The zero-order valence-electron chi connectivity index (χ0n) is 23.5. The standard InChI is InChI=1S/C33H35N5O3/c1-3-25-4-6-26(7-5-25)22-37-16-18-38(19-17-37)23-30-11-8-28(20-34-30)33(40)36-29-12-15-32(35-21-29)41-31-13-9-27(10-14-31)24(2)39/h4-15,20-21H,3,16-19,22-23H2,1-2H3,(H,36,40). The van der Waals surface area contributed by atoms with E-state index in [1.54, 1.807) is 48.8 Å². The second-order valence-electron chi connectivity index (χ2n) is 10.3. The molecular formula is C33H35N5O3. The number of aryl methyl sites for hydroxylation is 1. The maximum atomic E-state index is 12.7. The van der Waals surface area contributed by atoms with Crippen LogP contribution in [0.1, 0.15) is 51.4 Å². The van der Waals surface area contributed by atoms with E-state index < -0.39 is 0 Å². The average molecular weight is 550 g/mol. The van der Waals surface area contributed by atoms with E-state index in [9.17, 15) is 9.59 Å². The Morgan fingerprint density at radius 1 is 0.756 bits per heavy atom. The number of piperazine rings is 1. The van der Waals surface area contributed by atoms with Crippen molar-refractivity contribution >= 4 is 17.4 Å². The van der Waals surface area contributed by atoms with Gasteiger partial charge in [-0.25, -0.2) is 4.98 Å². The third-order valence-electron chi connectivity index (χ3n) is 7.25. The third kappa shape index (κ3) is 7.84. The molecule has 1 saturated heterocycles. The van der Waals surface area contributed by atoms with E-state index in [0.717, 1.165) is 51.4 Å². The highest BCUT2D eigenvalue weighted by molar-refractivity contribution is 6.04. The van der Waals surface area contributed by atoms with Gasteiger partial charge < -0.3 is 10.1 Å². The van der Waals surface area contributed by atoms with E-state index in [4.69, 9.17) is 4.74 Å². The van der Waals surface area contributed by atoms with Crippen molar-refractivity contribution in [3.8, 4) is 11.6 Å². The van der Waals surface area contributed by atoms with E-state index in [-0.39, 0.29) is 11.7 Å². The largest absolute Gasteiger partial charge is 0.439 e. The molecule has 8 nitrogen and oxygen atoms in total. The Kier molecular flexibility index (Phi) is 9.13. The van der Waals surface area contributed by atoms with Crippen LogP contribution in [0.5, 0.6) is 11.6 Å². The normalized spacial score (nSPS) is 14.0. The summed E-state index contributed by atoms with van der Waals surface area (Å²) in [6.45, 7) is 9.50. The van der Waals surface area contributed by atoms with Gasteiger partial charge in [0, 0.05) is 57.1 Å². The van der Waals surface area contributed by atoms with Gasteiger partial charge in [-0.1, -0.05) is 31.2 Å². The molecule has 2 aromatic carbocycles. The maximum absolute atomic E-state index is 12.7. The Bertz CT molecular complexity index is 1450. The fourth-order valence-corrected chi connectivity index (χ4v) is 4.72. The molecule has 4 aromatic rings. The van der Waals surface area contributed by atoms with E-state index in [2.05, 4.69) is 56.3 Å². The smallest absolute Gasteiger partial charge is 0.257 e. The zero-order chi connectivity index (χ0) is 28.6. The fourth-order valence-electron chi connectivity index (χ4n) is 4.72. The summed E-state index contributed by atoms with van der Waals surface area (Å²) in [7, 11) is 0. The van der Waals surface area contributed by atoms with Gasteiger partial charge in [-0.15, -0.1) is 0 Å². The summed E-state index contributed by atoms with van der Waals surface area (Å²) < 4.78 is 5.72. The molecule has 3 heterocycles. The number of anilines is 1. The van der Waals surface area contributed by atoms with Gasteiger partial charge in [0.15, 0.2) is 5.78 Å². The summed E-state index contributed by atoms with van der Waals surface area (Å²) in [6.07, 6.45) is 4.23. The first-order valence-corrected chi connectivity index (χ1v) is 14.0. The number of rotatable bonds is 10. The molecule has 210 valence electrons. The van der Waals surface area contributed by atoms with Crippen LogP contribution in [-0.2, 0) is 19.5 Å². The van der Waals surface area contributed by atoms with E-state index in [1.807, 2.05) is 12.1 Å². The van der Waals surface area contributed by atoms with Gasteiger partial charge in [0.05, 0.1) is 23.1 Å². The summed E-state index contributed by atoms with van der Waals surface area (Å²) in [5.41, 5.74) is 5.35. The quantitative estimate of drug-likeness (QED) is 0.258. The first-order chi connectivity index (χ1) is 19.9. The Morgan fingerprint density at radius 2 is 1.41 bits per heavy atom. The number of carbonyl (C=O) groups is 2. The van der Waals surface area contributed by atoms with Gasteiger partial charge >= 0.3 is 0 Å². The second kappa shape index (κ2) is 13.3. The molecule has 1 aliphatic heterocycles. The molecule has 0 radical (unpaired) electrons. The molecule has 1 amide bonds. The molecular weight excluding hydrogens is 514 g/mol. The van der Waals surface area contributed by atoms with Gasteiger partial charge in [0.2, 0.25) is 5.88 Å². The van der Waals surface area contributed by atoms with Crippen LogP contribution in [0.2, 0.25) is 0 Å². The fraction of sp³-hybridized carbons (Fsp3) is 0.273. The van der Waals surface area contributed by atoms with Crippen LogP contribution >= 0.6 is 0 Å².